The van der Waals surface area contributed by atoms with Crippen LogP contribution >= 0.6 is 0 Å². The van der Waals surface area contributed by atoms with Crippen molar-refractivity contribution in [3.63, 3.8) is 0 Å². The molecule has 0 amide bonds. The van der Waals surface area contributed by atoms with E-state index in [0.29, 0.717) is 12.2 Å². The average molecular weight is 193 g/mol. The van der Waals surface area contributed by atoms with Crippen molar-refractivity contribution in [2.75, 3.05) is 13.6 Å². The Morgan fingerprint density at radius 3 is 2.71 bits per heavy atom. The van der Waals surface area contributed by atoms with Crippen LogP contribution in [0.1, 0.15) is 12.8 Å². The Labute approximate surface area is 84.1 Å². The smallest absolute Gasteiger partial charge is 0.311 e. The Kier molecular flexibility index (Phi) is 4.72. The van der Waals surface area contributed by atoms with Crippen LogP contribution in [0.15, 0.2) is 30.3 Å². The van der Waals surface area contributed by atoms with Crippen LogP contribution in [0, 0.1) is 0 Å². The number of carbonyl (C=O) groups is 1. The number of ether oxygens (including phenoxy) is 1. The van der Waals surface area contributed by atoms with Crippen LogP contribution < -0.4 is 10.1 Å². The van der Waals surface area contributed by atoms with E-state index >= 15 is 0 Å². The Bertz CT molecular complexity index is 272. The number of para-hydroxylation sites is 1. The molecule has 0 fully saturated rings. The molecule has 0 radical (unpaired) electrons. The number of benzene rings is 1. The lowest BCUT2D eigenvalue weighted by molar-refractivity contribution is -0.134. The van der Waals surface area contributed by atoms with E-state index in [1.165, 1.54) is 0 Å². The summed E-state index contributed by atoms with van der Waals surface area (Å²) in [4.78, 5) is 11.2. The molecule has 0 heterocycles. The topological polar surface area (TPSA) is 38.3 Å². The molecule has 1 rings (SSSR count). The normalized spacial score (nSPS) is 9.79. The van der Waals surface area contributed by atoms with Crippen molar-refractivity contribution in [1.29, 1.82) is 0 Å². The van der Waals surface area contributed by atoms with Gasteiger partial charge in [-0.2, -0.15) is 0 Å². The van der Waals surface area contributed by atoms with Gasteiger partial charge in [0, 0.05) is 6.42 Å². The molecule has 1 aromatic rings. The third kappa shape index (κ3) is 4.05. The lowest BCUT2D eigenvalue weighted by Gasteiger charge is -2.03. The van der Waals surface area contributed by atoms with Gasteiger partial charge >= 0.3 is 5.97 Å². The van der Waals surface area contributed by atoms with E-state index < -0.39 is 0 Å². The van der Waals surface area contributed by atoms with Gasteiger partial charge in [-0.25, -0.2) is 0 Å². The van der Waals surface area contributed by atoms with E-state index in [4.69, 9.17) is 4.74 Å². The molecule has 0 aliphatic rings. The molecule has 0 spiro atoms. The quantitative estimate of drug-likeness (QED) is 0.438. The van der Waals surface area contributed by atoms with Crippen LogP contribution in [0.4, 0.5) is 0 Å². The van der Waals surface area contributed by atoms with Gasteiger partial charge in [0.1, 0.15) is 5.75 Å². The lowest BCUT2D eigenvalue weighted by atomic mass is 10.3. The first-order valence-corrected chi connectivity index (χ1v) is 4.73. The third-order valence-electron chi connectivity index (χ3n) is 1.78. The zero-order valence-electron chi connectivity index (χ0n) is 8.32. The SMILES string of the molecule is CNCCCC(=O)Oc1ccccc1. The van der Waals surface area contributed by atoms with Crippen LogP contribution in [-0.2, 0) is 4.79 Å². The van der Waals surface area contributed by atoms with Gasteiger partial charge in [-0.3, -0.25) is 4.79 Å². The molecule has 1 aromatic carbocycles. The molecule has 3 nitrogen and oxygen atoms in total. The van der Waals surface area contributed by atoms with E-state index in [9.17, 15) is 4.79 Å². The van der Waals surface area contributed by atoms with Crippen molar-refractivity contribution >= 4 is 5.97 Å². The average Bonchev–Trinajstić information content (AvgIpc) is 2.20. The summed E-state index contributed by atoms with van der Waals surface area (Å²) in [6.45, 7) is 0.837. The van der Waals surface area contributed by atoms with Gasteiger partial charge in [0.25, 0.3) is 0 Å². The van der Waals surface area contributed by atoms with Crippen LogP contribution in [0.2, 0.25) is 0 Å². The van der Waals surface area contributed by atoms with E-state index in [-0.39, 0.29) is 5.97 Å². The van der Waals surface area contributed by atoms with E-state index in [1.54, 1.807) is 12.1 Å². The second-order valence-corrected chi connectivity index (χ2v) is 2.99. The first kappa shape index (κ1) is 10.7. The summed E-state index contributed by atoms with van der Waals surface area (Å²) in [5.74, 6) is 0.438. The van der Waals surface area contributed by atoms with Crippen molar-refractivity contribution in [3.05, 3.63) is 30.3 Å². The first-order chi connectivity index (χ1) is 6.83. The minimum absolute atomic E-state index is 0.175. The molecule has 76 valence electrons. The molecule has 0 bridgehead atoms. The van der Waals surface area contributed by atoms with Crippen molar-refractivity contribution in [2.45, 2.75) is 12.8 Å². The number of hydrogen-bond acceptors (Lipinski definition) is 3. The third-order valence-corrected chi connectivity index (χ3v) is 1.78. The highest BCUT2D eigenvalue weighted by Crippen LogP contribution is 2.09. The van der Waals surface area contributed by atoms with Crippen molar-refractivity contribution < 1.29 is 9.53 Å². The van der Waals surface area contributed by atoms with Crippen LogP contribution in [0.3, 0.4) is 0 Å². The fourth-order valence-electron chi connectivity index (χ4n) is 1.08. The molecule has 0 aliphatic carbocycles. The highest BCUT2D eigenvalue weighted by Gasteiger charge is 2.02. The van der Waals surface area contributed by atoms with Gasteiger partial charge in [0.15, 0.2) is 0 Å². The number of esters is 1. The molecule has 1 N–H and O–H groups in total. The lowest BCUT2D eigenvalue weighted by Crippen LogP contribution is -2.13. The standard InChI is InChI=1S/C11H15NO2/c1-12-9-5-8-11(13)14-10-6-3-2-4-7-10/h2-4,6-7,12H,5,8-9H2,1H3. The molecule has 0 saturated carbocycles. The van der Waals surface area contributed by atoms with E-state index in [2.05, 4.69) is 5.32 Å². The second kappa shape index (κ2) is 6.16. The minimum atomic E-state index is -0.175. The molecule has 0 atom stereocenters. The molecule has 14 heavy (non-hydrogen) atoms. The predicted molar refractivity (Wildman–Crippen MR) is 55.2 cm³/mol. The van der Waals surface area contributed by atoms with Gasteiger partial charge in [-0.05, 0) is 32.1 Å². The first-order valence-electron chi connectivity index (χ1n) is 4.73. The van der Waals surface area contributed by atoms with Crippen molar-refractivity contribution in [2.24, 2.45) is 0 Å². The molecule has 3 heteroatoms. The molecular weight excluding hydrogens is 178 g/mol. The summed E-state index contributed by atoms with van der Waals surface area (Å²) in [6.07, 6.45) is 1.26. The fourth-order valence-corrected chi connectivity index (χ4v) is 1.08. The Morgan fingerprint density at radius 1 is 1.36 bits per heavy atom. The second-order valence-electron chi connectivity index (χ2n) is 2.99. The fraction of sp³-hybridized carbons (Fsp3) is 0.364. The monoisotopic (exact) mass is 193 g/mol. The van der Waals surface area contributed by atoms with Crippen LogP contribution in [-0.4, -0.2) is 19.6 Å². The number of carbonyl (C=O) groups excluding carboxylic acids is 1. The zero-order chi connectivity index (χ0) is 10.2. The van der Waals surface area contributed by atoms with Gasteiger partial charge in [-0.15, -0.1) is 0 Å². The summed E-state index contributed by atoms with van der Waals surface area (Å²) in [5.41, 5.74) is 0. The number of nitrogens with one attached hydrogen (secondary N) is 1. The zero-order valence-corrected chi connectivity index (χ0v) is 8.32. The minimum Gasteiger partial charge on any atom is -0.427 e. The summed E-state index contributed by atoms with van der Waals surface area (Å²) in [5, 5.41) is 2.98. The maximum atomic E-state index is 11.2. The summed E-state index contributed by atoms with van der Waals surface area (Å²) >= 11 is 0. The maximum Gasteiger partial charge on any atom is 0.311 e. The van der Waals surface area contributed by atoms with Crippen LogP contribution in [0.25, 0.3) is 0 Å². The molecule has 0 unspecified atom stereocenters. The van der Waals surface area contributed by atoms with Gasteiger partial charge in [0.2, 0.25) is 0 Å². The van der Waals surface area contributed by atoms with E-state index in [1.807, 2.05) is 25.2 Å². The van der Waals surface area contributed by atoms with Gasteiger partial charge < -0.3 is 10.1 Å². The van der Waals surface area contributed by atoms with Gasteiger partial charge in [0.05, 0.1) is 0 Å². The Morgan fingerprint density at radius 2 is 2.07 bits per heavy atom. The highest BCUT2D eigenvalue weighted by molar-refractivity contribution is 5.72. The van der Waals surface area contributed by atoms with Crippen molar-refractivity contribution in [3.8, 4) is 5.75 Å². The van der Waals surface area contributed by atoms with Crippen molar-refractivity contribution in [1.82, 2.24) is 5.32 Å². The molecule has 0 aliphatic heterocycles. The molecule has 0 saturated heterocycles. The largest absolute Gasteiger partial charge is 0.427 e. The predicted octanol–water partition coefficient (Wildman–Crippen LogP) is 1.59. The highest BCUT2D eigenvalue weighted by atomic mass is 16.5. The maximum absolute atomic E-state index is 11.2. The molecular formula is C11H15NO2. The summed E-state index contributed by atoms with van der Waals surface area (Å²) in [6, 6.07) is 9.12. The number of rotatable bonds is 5. The molecule has 0 aromatic heterocycles. The Balaban J connectivity index is 2.27. The Hall–Kier alpha value is -1.35. The number of hydrogen-bond donors (Lipinski definition) is 1. The van der Waals surface area contributed by atoms with E-state index in [0.717, 1.165) is 13.0 Å². The van der Waals surface area contributed by atoms with Gasteiger partial charge in [-0.1, -0.05) is 18.2 Å². The summed E-state index contributed by atoms with van der Waals surface area (Å²) < 4.78 is 5.09. The van der Waals surface area contributed by atoms with Crippen LogP contribution in [0.5, 0.6) is 5.75 Å². The summed E-state index contributed by atoms with van der Waals surface area (Å²) in [7, 11) is 1.86.